The van der Waals surface area contributed by atoms with Gasteiger partial charge in [0.05, 0.1) is 11.6 Å². The lowest BCUT2D eigenvalue weighted by Gasteiger charge is -2.15. The van der Waals surface area contributed by atoms with E-state index in [1.165, 1.54) is 4.90 Å². The Morgan fingerprint density at radius 3 is 2.64 bits per heavy atom. The van der Waals surface area contributed by atoms with Gasteiger partial charge in [0.15, 0.2) is 0 Å². The zero-order valence-corrected chi connectivity index (χ0v) is 13.0. The zero-order valence-electron chi connectivity index (χ0n) is 12.3. The highest BCUT2D eigenvalue weighted by Crippen LogP contribution is 2.30. The predicted molar refractivity (Wildman–Crippen MR) is 86.9 cm³/mol. The quantitative estimate of drug-likeness (QED) is 0.809. The first-order valence-electron chi connectivity index (χ1n) is 7.22. The molecule has 0 spiro atoms. The number of carbonyl (C=O) groups is 2. The van der Waals surface area contributed by atoms with Gasteiger partial charge in [0.2, 0.25) is 11.8 Å². The molecule has 0 aromatic heterocycles. The van der Waals surface area contributed by atoms with Crippen molar-refractivity contribution in [1.82, 2.24) is 0 Å². The minimum Gasteiger partial charge on any atom is -0.274 e. The first-order chi connectivity index (χ1) is 10.5. The molecule has 1 aliphatic rings. The van der Waals surface area contributed by atoms with E-state index in [2.05, 4.69) is 6.07 Å². The highest BCUT2D eigenvalue weighted by molar-refractivity contribution is 6.31. The van der Waals surface area contributed by atoms with Crippen molar-refractivity contribution in [3.63, 3.8) is 0 Å². The van der Waals surface area contributed by atoms with Crippen LogP contribution in [0.2, 0.25) is 5.02 Å². The maximum Gasteiger partial charge on any atom is 0.237 e. The molecule has 2 aromatic rings. The largest absolute Gasteiger partial charge is 0.274 e. The van der Waals surface area contributed by atoms with Crippen LogP contribution < -0.4 is 4.90 Å². The smallest absolute Gasteiger partial charge is 0.237 e. The van der Waals surface area contributed by atoms with Crippen molar-refractivity contribution in [3.05, 3.63) is 64.7 Å². The lowest BCUT2D eigenvalue weighted by Crippen LogP contribution is -2.30. The topological polar surface area (TPSA) is 37.4 Å². The summed E-state index contributed by atoms with van der Waals surface area (Å²) in [5, 5.41) is 0.514. The molecule has 0 radical (unpaired) electrons. The minimum absolute atomic E-state index is 0.145. The van der Waals surface area contributed by atoms with Crippen LogP contribution in [0.5, 0.6) is 0 Å². The molecular weight excluding hydrogens is 298 g/mol. The summed E-state index contributed by atoms with van der Waals surface area (Å²) in [7, 11) is 0. The third kappa shape index (κ3) is 2.90. The Morgan fingerprint density at radius 2 is 1.91 bits per heavy atom. The van der Waals surface area contributed by atoms with Gasteiger partial charge in [0.25, 0.3) is 0 Å². The summed E-state index contributed by atoms with van der Waals surface area (Å²) in [6.45, 7) is 2.02. The van der Waals surface area contributed by atoms with Crippen LogP contribution in [-0.2, 0) is 16.0 Å². The number of benzene rings is 2. The van der Waals surface area contributed by atoms with Crippen LogP contribution >= 0.6 is 11.6 Å². The SMILES string of the molecule is Cc1cccc(CC2CC(=O)N(c3cccc(Cl)c3)C2=O)c1. The number of aryl methyl sites for hydroxylation is 1. The molecule has 1 saturated heterocycles. The summed E-state index contributed by atoms with van der Waals surface area (Å²) in [6.07, 6.45) is 0.836. The van der Waals surface area contributed by atoms with E-state index in [1.807, 2.05) is 25.1 Å². The van der Waals surface area contributed by atoms with Crippen LogP contribution in [0.25, 0.3) is 0 Å². The van der Waals surface area contributed by atoms with E-state index in [4.69, 9.17) is 11.6 Å². The first-order valence-corrected chi connectivity index (χ1v) is 7.60. The highest BCUT2D eigenvalue weighted by atomic mass is 35.5. The fourth-order valence-corrected chi connectivity index (χ4v) is 3.05. The van der Waals surface area contributed by atoms with E-state index in [9.17, 15) is 9.59 Å². The number of amides is 2. The van der Waals surface area contributed by atoms with Crippen molar-refractivity contribution in [1.29, 1.82) is 0 Å². The van der Waals surface area contributed by atoms with E-state index in [0.717, 1.165) is 11.1 Å². The molecule has 1 aliphatic heterocycles. The number of rotatable bonds is 3. The molecule has 3 rings (SSSR count). The van der Waals surface area contributed by atoms with E-state index in [-0.39, 0.29) is 24.2 Å². The number of carbonyl (C=O) groups excluding carboxylic acids is 2. The van der Waals surface area contributed by atoms with Gasteiger partial charge in [-0.2, -0.15) is 0 Å². The van der Waals surface area contributed by atoms with Crippen molar-refractivity contribution in [3.8, 4) is 0 Å². The molecule has 3 nitrogen and oxygen atoms in total. The van der Waals surface area contributed by atoms with Crippen LogP contribution in [0.3, 0.4) is 0 Å². The van der Waals surface area contributed by atoms with Crippen LogP contribution in [0.15, 0.2) is 48.5 Å². The standard InChI is InChI=1S/C18H16ClNO2/c1-12-4-2-5-13(8-12)9-14-10-17(21)20(18(14)22)16-7-3-6-15(19)11-16/h2-8,11,14H,9-10H2,1H3. The van der Waals surface area contributed by atoms with Gasteiger partial charge in [0, 0.05) is 11.4 Å². The monoisotopic (exact) mass is 313 g/mol. The molecule has 0 N–H and O–H groups in total. The first kappa shape index (κ1) is 14.8. The van der Waals surface area contributed by atoms with E-state index in [1.54, 1.807) is 24.3 Å². The fraction of sp³-hybridized carbons (Fsp3) is 0.222. The summed E-state index contributed by atoms with van der Waals surface area (Å²) in [5.41, 5.74) is 2.79. The van der Waals surface area contributed by atoms with Crippen molar-refractivity contribution in [2.75, 3.05) is 4.90 Å². The van der Waals surface area contributed by atoms with E-state index < -0.39 is 0 Å². The normalized spacial score (nSPS) is 18.1. The molecule has 4 heteroatoms. The van der Waals surface area contributed by atoms with Crippen LogP contribution in [-0.4, -0.2) is 11.8 Å². The van der Waals surface area contributed by atoms with Crippen LogP contribution in [0, 0.1) is 12.8 Å². The second-order valence-electron chi connectivity index (χ2n) is 5.64. The lowest BCUT2D eigenvalue weighted by atomic mass is 9.97. The number of nitrogens with zero attached hydrogens (tertiary/aromatic N) is 1. The molecule has 1 unspecified atom stereocenters. The van der Waals surface area contributed by atoms with Crippen molar-refractivity contribution in [2.45, 2.75) is 19.8 Å². The maximum absolute atomic E-state index is 12.6. The molecule has 112 valence electrons. The van der Waals surface area contributed by atoms with Gasteiger partial charge in [-0.25, -0.2) is 0 Å². The third-order valence-electron chi connectivity index (χ3n) is 3.87. The molecule has 2 amide bonds. The summed E-state index contributed by atoms with van der Waals surface area (Å²) in [6, 6.07) is 14.9. The Kier molecular flexibility index (Phi) is 3.99. The van der Waals surface area contributed by atoms with Gasteiger partial charge >= 0.3 is 0 Å². The van der Waals surface area contributed by atoms with Crippen LogP contribution in [0.1, 0.15) is 17.5 Å². The Bertz CT molecular complexity index is 741. The maximum atomic E-state index is 12.6. The van der Waals surface area contributed by atoms with Crippen molar-refractivity contribution in [2.24, 2.45) is 5.92 Å². The minimum atomic E-state index is -0.298. The van der Waals surface area contributed by atoms with Gasteiger partial charge < -0.3 is 0 Å². The Hall–Kier alpha value is -2.13. The fourth-order valence-electron chi connectivity index (χ4n) is 2.86. The van der Waals surface area contributed by atoms with Gasteiger partial charge in [-0.3, -0.25) is 14.5 Å². The van der Waals surface area contributed by atoms with Crippen LogP contribution in [0.4, 0.5) is 5.69 Å². The molecule has 1 atom stereocenters. The zero-order chi connectivity index (χ0) is 15.7. The Balaban J connectivity index is 1.82. The molecule has 0 saturated carbocycles. The number of imide groups is 1. The molecule has 22 heavy (non-hydrogen) atoms. The number of halogens is 1. The summed E-state index contributed by atoms with van der Waals surface area (Å²) >= 11 is 5.95. The average molecular weight is 314 g/mol. The van der Waals surface area contributed by atoms with Gasteiger partial charge in [-0.15, -0.1) is 0 Å². The number of anilines is 1. The van der Waals surface area contributed by atoms with Gasteiger partial charge in [-0.1, -0.05) is 47.5 Å². The second-order valence-corrected chi connectivity index (χ2v) is 6.08. The molecule has 1 heterocycles. The van der Waals surface area contributed by atoms with Crippen molar-refractivity contribution >= 4 is 29.1 Å². The predicted octanol–water partition coefficient (Wildman–Crippen LogP) is 3.77. The third-order valence-corrected chi connectivity index (χ3v) is 4.11. The summed E-state index contributed by atoms with van der Waals surface area (Å²) in [4.78, 5) is 26.1. The number of hydrogen-bond donors (Lipinski definition) is 0. The number of hydrogen-bond acceptors (Lipinski definition) is 2. The second kappa shape index (κ2) is 5.93. The molecule has 1 fully saturated rings. The molecular formula is C18H16ClNO2. The van der Waals surface area contributed by atoms with Crippen molar-refractivity contribution < 1.29 is 9.59 Å². The van der Waals surface area contributed by atoms with Gasteiger partial charge in [0.1, 0.15) is 0 Å². The lowest BCUT2D eigenvalue weighted by molar-refractivity contribution is -0.122. The summed E-state index contributed by atoms with van der Waals surface area (Å²) in [5.74, 6) is -0.605. The van der Waals surface area contributed by atoms with E-state index in [0.29, 0.717) is 17.1 Å². The Labute approximate surface area is 134 Å². The molecule has 0 aliphatic carbocycles. The highest BCUT2D eigenvalue weighted by Gasteiger charge is 2.39. The molecule has 2 aromatic carbocycles. The van der Waals surface area contributed by atoms with Gasteiger partial charge in [-0.05, 0) is 37.1 Å². The average Bonchev–Trinajstić information content (AvgIpc) is 2.73. The Morgan fingerprint density at radius 1 is 1.14 bits per heavy atom. The van der Waals surface area contributed by atoms with E-state index >= 15 is 0 Å². The molecule has 0 bridgehead atoms. The summed E-state index contributed by atoms with van der Waals surface area (Å²) < 4.78 is 0.